The van der Waals surface area contributed by atoms with Crippen molar-refractivity contribution in [2.75, 3.05) is 0 Å². The van der Waals surface area contributed by atoms with E-state index in [1.54, 1.807) is 24.3 Å². The standard InChI is InChI=1S/C14H15NO2/c15-10-11-6-8-12(9-7-11)14(16)17-13-4-2-1-3-5-13/h6-9,13H,1-5H2. The predicted molar refractivity (Wildman–Crippen MR) is 63.4 cm³/mol. The van der Waals surface area contributed by atoms with E-state index in [1.807, 2.05) is 6.07 Å². The molecule has 1 saturated carbocycles. The van der Waals surface area contributed by atoms with Gasteiger partial charge in [0.15, 0.2) is 0 Å². The first-order valence-corrected chi connectivity index (χ1v) is 6.01. The number of carbonyl (C=O) groups is 1. The van der Waals surface area contributed by atoms with E-state index in [0.717, 1.165) is 25.7 Å². The van der Waals surface area contributed by atoms with E-state index >= 15 is 0 Å². The maximum absolute atomic E-state index is 11.8. The minimum absolute atomic E-state index is 0.0758. The topological polar surface area (TPSA) is 50.1 Å². The fourth-order valence-electron chi connectivity index (χ4n) is 2.08. The quantitative estimate of drug-likeness (QED) is 0.732. The van der Waals surface area contributed by atoms with Crippen LogP contribution < -0.4 is 0 Å². The molecule has 17 heavy (non-hydrogen) atoms. The molecule has 88 valence electrons. The molecule has 0 radical (unpaired) electrons. The van der Waals surface area contributed by atoms with Crippen molar-refractivity contribution in [1.82, 2.24) is 0 Å². The van der Waals surface area contributed by atoms with Crippen LogP contribution in [-0.2, 0) is 4.74 Å². The molecule has 0 spiro atoms. The zero-order chi connectivity index (χ0) is 12.1. The van der Waals surface area contributed by atoms with Gasteiger partial charge in [0.25, 0.3) is 0 Å². The molecule has 0 saturated heterocycles. The largest absolute Gasteiger partial charge is 0.459 e. The van der Waals surface area contributed by atoms with Crippen LogP contribution in [0.1, 0.15) is 48.0 Å². The Balaban J connectivity index is 1.96. The maximum Gasteiger partial charge on any atom is 0.338 e. The lowest BCUT2D eigenvalue weighted by atomic mass is 9.98. The van der Waals surface area contributed by atoms with Crippen molar-refractivity contribution in [2.24, 2.45) is 0 Å². The van der Waals surface area contributed by atoms with E-state index in [4.69, 9.17) is 10.00 Å². The maximum atomic E-state index is 11.8. The Labute approximate surface area is 101 Å². The highest BCUT2D eigenvalue weighted by molar-refractivity contribution is 5.89. The van der Waals surface area contributed by atoms with Crippen molar-refractivity contribution in [1.29, 1.82) is 5.26 Å². The summed E-state index contributed by atoms with van der Waals surface area (Å²) in [4.78, 5) is 11.8. The lowest BCUT2D eigenvalue weighted by Gasteiger charge is -2.21. The zero-order valence-electron chi connectivity index (χ0n) is 9.69. The number of ether oxygens (including phenoxy) is 1. The van der Waals surface area contributed by atoms with Crippen molar-refractivity contribution in [2.45, 2.75) is 38.2 Å². The number of carbonyl (C=O) groups excluding carboxylic acids is 1. The first-order chi connectivity index (χ1) is 8.29. The monoisotopic (exact) mass is 229 g/mol. The number of rotatable bonds is 2. The van der Waals surface area contributed by atoms with E-state index in [-0.39, 0.29) is 12.1 Å². The molecule has 0 aliphatic heterocycles. The van der Waals surface area contributed by atoms with Gasteiger partial charge in [-0.25, -0.2) is 4.79 Å². The van der Waals surface area contributed by atoms with Crippen LogP contribution in [0.2, 0.25) is 0 Å². The summed E-state index contributed by atoms with van der Waals surface area (Å²) in [7, 11) is 0. The van der Waals surface area contributed by atoms with Gasteiger partial charge in [-0.2, -0.15) is 5.26 Å². The summed E-state index contributed by atoms with van der Waals surface area (Å²) in [6, 6.07) is 8.58. The van der Waals surface area contributed by atoms with Gasteiger partial charge in [0.2, 0.25) is 0 Å². The molecule has 0 amide bonds. The Morgan fingerprint density at radius 2 is 1.82 bits per heavy atom. The number of nitrogens with zero attached hydrogens (tertiary/aromatic N) is 1. The van der Waals surface area contributed by atoms with Crippen LogP contribution in [0.25, 0.3) is 0 Å². The van der Waals surface area contributed by atoms with E-state index in [9.17, 15) is 4.79 Å². The molecule has 0 heterocycles. The van der Waals surface area contributed by atoms with E-state index in [2.05, 4.69) is 0 Å². The normalized spacial score (nSPS) is 16.2. The van der Waals surface area contributed by atoms with Crippen molar-refractivity contribution >= 4 is 5.97 Å². The van der Waals surface area contributed by atoms with Gasteiger partial charge in [-0.1, -0.05) is 6.42 Å². The van der Waals surface area contributed by atoms with Gasteiger partial charge in [-0.3, -0.25) is 0 Å². The number of nitriles is 1. The molecule has 1 aliphatic carbocycles. The molecule has 1 aliphatic rings. The summed E-state index contributed by atoms with van der Waals surface area (Å²) < 4.78 is 5.43. The molecular weight excluding hydrogens is 214 g/mol. The van der Waals surface area contributed by atoms with E-state index in [1.165, 1.54) is 6.42 Å². The predicted octanol–water partition coefficient (Wildman–Crippen LogP) is 3.05. The summed E-state index contributed by atoms with van der Waals surface area (Å²) in [5.41, 5.74) is 1.08. The van der Waals surface area contributed by atoms with Crippen molar-refractivity contribution < 1.29 is 9.53 Å². The molecule has 0 unspecified atom stereocenters. The van der Waals surface area contributed by atoms with Crippen LogP contribution >= 0.6 is 0 Å². The molecule has 1 aromatic rings. The molecule has 0 bridgehead atoms. The smallest absolute Gasteiger partial charge is 0.338 e. The van der Waals surface area contributed by atoms with Crippen molar-refractivity contribution in [3.8, 4) is 6.07 Å². The van der Waals surface area contributed by atoms with Gasteiger partial charge in [-0.15, -0.1) is 0 Å². The van der Waals surface area contributed by atoms with E-state index in [0.29, 0.717) is 11.1 Å². The third kappa shape index (κ3) is 3.07. The molecular formula is C14H15NO2. The third-order valence-corrected chi connectivity index (χ3v) is 3.08. The van der Waals surface area contributed by atoms with Crippen LogP contribution in [0.5, 0.6) is 0 Å². The van der Waals surface area contributed by atoms with Gasteiger partial charge in [0, 0.05) is 0 Å². The van der Waals surface area contributed by atoms with Crippen LogP contribution in [0, 0.1) is 11.3 Å². The average molecular weight is 229 g/mol. The fourth-order valence-corrected chi connectivity index (χ4v) is 2.08. The minimum atomic E-state index is -0.276. The van der Waals surface area contributed by atoms with Crippen LogP contribution in [0.4, 0.5) is 0 Å². The summed E-state index contributed by atoms with van der Waals surface area (Å²) in [6.07, 6.45) is 5.55. The second-order valence-corrected chi connectivity index (χ2v) is 4.35. The van der Waals surface area contributed by atoms with Crippen LogP contribution in [-0.4, -0.2) is 12.1 Å². The highest BCUT2D eigenvalue weighted by atomic mass is 16.5. The number of esters is 1. The van der Waals surface area contributed by atoms with Gasteiger partial charge >= 0.3 is 5.97 Å². The first-order valence-electron chi connectivity index (χ1n) is 6.01. The first kappa shape index (κ1) is 11.7. The Hall–Kier alpha value is -1.82. The highest BCUT2D eigenvalue weighted by Gasteiger charge is 2.18. The summed E-state index contributed by atoms with van der Waals surface area (Å²) in [5.74, 6) is -0.276. The minimum Gasteiger partial charge on any atom is -0.459 e. The average Bonchev–Trinajstić information content (AvgIpc) is 2.40. The fraction of sp³-hybridized carbons (Fsp3) is 0.429. The molecule has 1 fully saturated rings. The zero-order valence-corrected chi connectivity index (χ0v) is 9.69. The van der Waals surface area contributed by atoms with Crippen molar-refractivity contribution in [3.05, 3.63) is 35.4 Å². The molecule has 0 N–H and O–H groups in total. The summed E-state index contributed by atoms with van der Waals surface area (Å²) >= 11 is 0. The van der Waals surface area contributed by atoms with Gasteiger partial charge in [0.1, 0.15) is 6.10 Å². The second kappa shape index (κ2) is 5.49. The molecule has 3 heteroatoms. The Kier molecular flexibility index (Phi) is 3.77. The van der Waals surface area contributed by atoms with Gasteiger partial charge < -0.3 is 4.74 Å². The third-order valence-electron chi connectivity index (χ3n) is 3.08. The Morgan fingerprint density at radius 1 is 1.18 bits per heavy atom. The lowest BCUT2D eigenvalue weighted by molar-refractivity contribution is 0.0211. The van der Waals surface area contributed by atoms with Gasteiger partial charge in [0.05, 0.1) is 17.2 Å². The van der Waals surface area contributed by atoms with E-state index < -0.39 is 0 Å². The molecule has 0 aromatic heterocycles. The second-order valence-electron chi connectivity index (χ2n) is 4.35. The Bertz CT molecular complexity index is 425. The van der Waals surface area contributed by atoms with Gasteiger partial charge in [-0.05, 0) is 49.9 Å². The SMILES string of the molecule is N#Cc1ccc(C(=O)OC2CCCCC2)cc1. The van der Waals surface area contributed by atoms with Crippen LogP contribution in [0.15, 0.2) is 24.3 Å². The lowest BCUT2D eigenvalue weighted by Crippen LogP contribution is -2.20. The Morgan fingerprint density at radius 3 is 2.41 bits per heavy atom. The molecule has 3 nitrogen and oxygen atoms in total. The number of hydrogen-bond donors (Lipinski definition) is 0. The molecule has 2 rings (SSSR count). The van der Waals surface area contributed by atoms with Crippen molar-refractivity contribution in [3.63, 3.8) is 0 Å². The number of hydrogen-bond acceptors (Lipinski definition) is 3. The molecule has 1 aromatic carbocycles. The summed E-state index contributed by atoms with van der Waals surface area (Å²) in [6.45, 7) is 0. The summed E-state index contributed by atoms with van der Waals surface area (Å²) in [5, 5.41) is 8.66. The number of benzene rings is 1. The van der Waals surface area contributed by atoms with Crippen LogP contribution in [0.3, 0.4) is 0 Å². The molecule has 0 atom stereocenters. The highest BCUT2D eigenvalue weighted by Crippen LogP contribution is 2.21.